The maximum absolute atomic E-state index is 13.2. The molecule has 1 saturated heterocycles. The third-order valence-electron chi connectivity index (χ3n) is 8.78. The Kier molecular flexibility index (Phi) is 6.24. The molecule has 4 aliphatic carbocycles. The normalized spacial score (nSPS) is 34.2. The number of esters is 1. The molecule has 1 heterocycles. The Hall–Kier alpha value is -2.13. The standard InChI is InChI=1S/C31H34NO2/c33-30(25-16-8-9-17-25)34-28-22-31(32-18-10-3-11-19-32)20-26(23-12-4-1-5-13-23)29(28)27(21-31)24-14-6-2-7-15-24/h1-2,4-9,12-17,26-29H,3,10-11,18-22H2/t26-,27-,28+,29?,31?/m0/s1. The van der Waals surface area contributed by atoms with Crippen molar-refractivity contribution in [3.8, 4) is 0 Å². The summed E-state index contributed by atoms with van der Waals surface area (Å²) in [6.45, 7) is 2.33. The Morgan fingerprint density at radius 3 is 1.88 bits per heavy atom. The van der Waals surface area contributed by atoms with E-state index in [-0.39, 0.29) is 23.5 Å². The molecule has 3 heteroatoms. The molecule has 3 atom stereocenters. The van der Waals surface area contributed by atoms with Crippen LogP contribution in [0.25, 0.3) is 0 Å². The van der Waals surface area contributed by atoms with Gasteiger partial charge in [0.25, 0.3) is 0 Å². The lowest BCUT2D eigenvalue weighted by Crippen LogP contribution is -2.64. The molecule has 0 spiro atoms. The summed E-state index contributed by atoms with van der Waals surface area (Å²) in [5.74, 6) is 1.55. The molecule has 5 aliphatic rings. The summed E-state index contributed by atoms with van der Waals surface area (Å²) in [7, 11) is 0. The largest absolute Gasteiger partial charge is 0.461 e. The molecule has 175 valence electrons. The van der Waals surface area contributed by atoms with Gasteiger partial charge in [-0.1, -0.05) is 67.1 Å². The number of benzene rings is 2. The minimum Gasteiger partial charge on any atom is -0.461 e. The zero-order valence-corrected chi connectivity index (χ0v) is 19.8. The Bertz CT molecular complexity index is 912. The zero-order chi connectivity index (χ0) is 23.0. The smallest absolute Gasteiger partial charge is 0.314 e. The predicted octanol–water partition coefficient (Wildman–Crippen LogP) is 5.91. The number of likely N-dealkylation sites (tertiary alicyclic amines) is 1. The van der Waals surface area contributed by atoms with Crippen molar-refractivity contribution >= 4 is 5.97 Å². The summed E-state index contributed by atoms with van der Waals surface area (Å²) in [4.78, 5) is 16.0. The van der Waals surface area contributed by atoms with Crippen LogP contribution in [0.3, 0.4) is 0 Å². The Morgan fingerprint density at radius 1 is 0.765 bits per heavy atom. The minimum absolute atomic E-state index is 0.0765. The maximum Gasteiger partial charge on any atom is 0.314 e. The summed E-state index contributed by atoms with van der Waals surface area (Å²) in [5.41, 5.74) is 2.86. The van der Waals surface area contributed by atoms with Crippen LogP contribution in [0.1, 0.15) is 61.5 Å². The van der Waals surface area contributed by atoms with E-state index in [9.17, 15) is 4.79 Å². The number of carbonyl (C=O) groups is 1. The van der Waals surface area contributed by atoms with Gasteiger partial charge in [-0.25, -0.2) is 0 Å². The van der Waals surface area contributed by atoms with Crippen LogP contribution in [0.5, 0.6) is 0 Å². The highest BCUT2D eigenvalue weighted by atomic mass is 16.5. The summed E-state index contributed by atoms with van der Waals surface area (Å²) in [6.07, 6.45) is 14.6. The molecule has 2 aromatic carbocycles. The van der Waals surface area contributed by atoms with Gasteiger partial charge >= 0.3 is 5.97 Å². The van der Waals surface area contributed by atoms with Crippen molar-refractivity contribution in [3.63, 3.8) is 0 Å². The van der Waals surface area contributed by atoms with E-state index in [4.69, 9.17) is 4.74 Å². The van der Waals surface area contributed by atoms with Crippen molar-refractivity contribution in [2.75, 3.05) is 13.1 Å². The number of hydrogen-bond acceptors (Lipinski definition) is 3. The average Bonchev–Trinajstić information content (AvgIpc) is 3.46. The van der Waals surface area contributed by atoms with Crippen molar-refractivity contribution in [1.29, 1.82) is 0 Å². The third-order valence-corrected chi connectivity index (χ3v) is 8.78. The first kappa shape index (κ1) is 22.3. The first-order chi connectivity index (χ1) is 16.7. The van der Waals surface area contributed by atoms with E-state index in [0.717, 1.165) is 32.4 Å². The number of hydrogen-bond donors (Lipinski definition) is 0. The fraction of sp³-hybridized carbons (Fsp3) is 0.419. The highest BCUT2D eigenvalue weighted by Crippen LogP contribution is 2.61. The van der Waals surface area contributed by atoms with Gasteiger partial charge < -0.3 is 4.74 Å². The molecule has 2 bridgehead atoms. The lowest BCUT2D eigenvalue weighted by molar-refractivity contribution is -0.167. The fourth-order valence-corrected chi connectivity index (χ4v) is 7.32. The number of piperidine rings is 1. The first-order valence-corrected chi connectivity index (χ1v) is 13.0. The Morgan fingerprint density at radius 2 is 1.32 bits per heavy atom. The molecule has 4 saturated carbocycles. The number of nitrogens with zero attached hydrogens (tertiary/aromatic N) is 1. The van der Waals surface area contributed by atoms with Crippen LogP contribution < -0.4 is 0 Å². The number of fused-ring (bicyclic) bond motifs is 3. The second kappa shape index (κ2) is 9.49. The van der Waals surface area contributed by atoms with Gasteiger partial charge in [0.2, 0.25) is 0 Å². The van der Waals surface area contributed by atoms with Gasteiger partial charge in [0.1, 0.15) is 6.10 Å². The molecule has 5 fully saturated rings. The summed E-state index contributed by atoms with van der Waals surface area (Å²) >= 11 is 0. The van der Waals surface area contributed by atoms with Crippen LogP contribution in [-0.4, -0.2) is 35.6 Å². The highest BCUT2D eigenvalue weighted by Gasteiger charge is 2.59. The zero-order valence-electron chi connectivity index (χ0n) is 19.8. The number of ether oxygens (including phenoxy) is 1. The monoisotopic (exact) mass is 452 g/mol. The van der Waals surface area contributed by atoms with Crippen LogP contribution in [0.4, 0.5) is 0 Å². The van der Waals surface area contributed by atoms with Crippen molar-refractivity contribution in [2.45, 2.75) is 62.0 Å². The molecule has 1 aliphatic heterocycles. The Labute approximate surface area is 204 Å². The van der Waals surface area contributed by atoms with Gasteiger partial charge in [0.15, 0.2) is 0 Å². The topological polar surface area (TPSA) is 29.5 Å². The molecular weight excluding hydrogens is 418 g/mol. The van der Waals surface area contributed by atoms with E-state index in [1.807, 2.05) is 25.7 Å². The van der Waals surface area contributed by atoms with Crippen molar-refractivity contribution < 1.29 is 9.53 Å². The van der Waals surface area contributed by atoms with E-state index in [0.29, 0.717) is 17.8 Å². The third kappa shape index (κ3) is 4.11. The molecule has 5 radical (unpaired) electrons. The maximum atomic E-state index is 13.2. The molecule has 7 rings (SSSR count). The lowest BCUT2D eigenvalue weighted by Gasteiger charge is -2.62. The van der Waals surface area contributed by atoms with Crippen molar-refractivity contribution in [3.05, 3.63) is 103 Å². The number of carbonyl (C=O) groups excluding carboxylic acids is 1. The van der Waals surface area contributed by atoms with E-state index in [1.165, 1.54) is 30.4 Å². The summed E-state index contributed by atoms with van der Waals surface area (Å²) in [6, 6.07) is 22.0. The SMILES string of the molecule is O=C(O[C@@H]1CC2(N3CCCCC3)C[C@@H](c3ccccc3)C1[C@H](c1ccccc1)C2)[C]1[CH][CH][CH][CH]1. The van der Waals surface area contributed by atoms with Gasteiger partial charge in [-0.05, 0) is 87.4 Å². The van der Waals surface area contributed by atoms with Gasteiger partial charge in [-0.15, -0.1) is 0 Å². The molecule has 0 N–H and O–H groups in total. The van der Waals surface area contributed by atoms with Crippen molar-refractivity contribution in [2.24, 2.45) is 5.92 Å². The van der Waals surface area contributed by atoms with Gasteiger partial charge in [0.05, 0.1) is 5.92 Å². The number of rotatable bonds is 5. The summed E-state index contributed by atoms with van der Waals surface area (Å²) < 4.78 is 6.42. The molecular formula is C31H34NO2. The molecule has 3 nitrogen and oxygen atoms in total. The van der Waals surface area contributed by atoms with Gasteiger partial charge in [-0.2, -0.15) is 0 Å². The first-order valence-electron chi connectivity index (χ1n) is 13.0. The second-order valence-corrected chi connectivity index (χ2v) is 10.6. The van der Waals surface area contributed by atoms with Crippen LogP contribution in [0, 0.1) is 37.5 Å². The minimum atomic E-state index is -0.171. The van der Waals surface area contributed by atoms with Crippen LogP contribution in [-0.2, 0) is 9.53 Å². The fourth-order valence-electron chi connectivity index (χ4n) is 7.32. The van der Waals surface area contributed by atoms with Gasteiger partial charge in [0, 0.05) is 17.9 Å². The van der Waals surface area contributed by atoms with E-state index in [2.05, 4.69) is 65.6 Å². The highest BCUT2D eigenvalue weighted by molar-refractivity contribution is 5.91. The quantitative estimate of drug-likeness (QED) is 0.528. The molecule has 34 heavy (non-hydrogen) atoms. The van der Waals surface area contributed by atoms with E-state index in [1.54, 1.807) is 0 Å². The average molecular weight is 453 g/mol. The molecule has 0 amide bonds. The Balaban J connectivity index is 1.41. The van der Waals surface area contributed by atoms with E-state index >= 15 is 0 Å². The van der Waals surface area contributed by atoms with Gasteiger partial charge in [-0.3, -0.25) is 9.69 Å². The van der Waals surface area contributed by atoms with Crippen LogP contribution >= 0.6 is 0 Å². The molecule has 0 aromatic heterocycles. The predicted molar refractivity (Wildman–Crippen MR) is 134 cm³/mol. The molecule has 0 unspecified atom stereocenters. The lowest BCUT2D eigenvalue weighted by atomic mass is 9.51. The van der Waals surface area contributed by atoms with E-state index < -0.39 is 0 Å². The second-order valence-electron chi connectivity index (χ2n) is 10.6. The molecule has 2 aromatic rings. The van der Waals surface area contributed by atoms with Crippen molar-refractivity contribution in [1.82, 2.24) is 4.90 Å². The van der Waals surface area contributed by atoms with Crippen LogP contribution in [0.15, 0.2) is 60.7 Å². The van der Waals surface area contributed by atoms with Crippen LogP contribution in [0.2, 0.25) is 0 Å². The summed E-state index contributed by atoms with van der Waals surface area (Å²) in [5, 5.41) is 0.